The first kappa shape index (κ1) is 10.7. The van der Waals surface area contributed by atoms with Crippen LogP contribution in [0.4, 0.5) is 0 Å². The summed E-state index contributed by atoms with van der Waals surface area (Å²) in [7, 11) is 0. The summed E-state index contributed by atoms with van der Waals surface area (Å²) in [6, 6.07) is 0. The Morgan fingerprint density at radius 2 is 1.91 bits per heavy atom. The maximum atomic E-state index is 9.45. The molecule has 2 unspecified atom stereocenters. The highest BCUT2D eigenvalue weighted by Crippen LogP contribution is 2.19. The van der Waals surface area contributed by atoms with Crippen molar-refractivity contribution in [2.24, 2.45) is 5.92 Å². The minimum Gasteiger partial charge on any atom is -0.393 e. The molecule has 0 heterocycles. The fraction of sp³-hybridized carbons (Fsp3) is 0.778. The summed E-state index contributed by atoms with van der Waals surface area (Å²) in [6.07, 6.45) is 1.21. The van der Waals surface area contributed by atoms with E-state index in [-0.39, 0.29) is 18.6 Å². The minimum absolute atomic E-state index is 0.0183. The van der Waals surface area contributed by atoms with Gasteiger partial charge in [-0.25, -0.2) is 0 Å². The molecule has 0 aromatic rings. The van der Waals surface area contributed by atoms with Crippen LogP contribution in [-0.2, 0) is 0 Å². The van der Waals surface area contributed by atoms with Gasteiger partial charge in [-0.1, -0.05) is 20.4 Å². The molecule has 0 rings (SSSR count). The predicted octanol–water partition coefficient (Wildman–Crippen LogP) is 1.33. The molecule has 0 spiro atoms. The van der Waals surface area contributed by atoms with E-state index in [2.05, 4.69) is 6.58 Å². The van der Waals surface area contributed by atoms with Crippen molar-refractivity contribution < 1.29 is 10.2 Å². The maximum absolute atomic E-state index is 9.45. The largest absolute Gasteiger partial charge is 0.393 e. The zero-order valence-electron chi connectivity index (χ0n) is 7.38. The molecule has 66 valence electrons. The number of rotatable bonds is 5. The van der Waals surface area contributed by atoms with Gasteiger partial charge in [0.05, 0.1) is 12.7 Å². The molecular weight excluding hydrogens is 140 g/mol. The molecule has 11 heavy (non-hydrogen) atoms. The van der Waals surface area contributed by atoms with E-state index >= 15 is 0 Å². The van der Waals surface area contributed by atoms with Crippen LogP contribution in [0.15, 0.2) is 12.2 Å². The fourth-order valence-electron chi connectivity index (χ4n) is 1.23. The standard InChI is InChI=1S/C9H18O2/c1-4-8(7(3)6-10)9(11)5-2/h8-11H,3-6H2,1-2H3. The summed E-state index contributed by atoms with van der Waals surface area (Å²) in [5, 5.41) is 18.2. The maximum Gasteiger partial charge on any atom is 0.0642 e. The zero-order chi connectivity index (χ0) is 8.85. The second-order valence-corrected chi connectivity index (χ2v) is 2.81. The molecule has 0 aromatic carbocycles. The topological polar surface area (TPSA) is 40.5 Å². The summed E-state index contributed by atoms with van der Waals surface area (Å²) in [5.74, 6) is 0.0602. The molecule has 2 heteroatoms. The quantitative estimate of drug-likeness (QED) is 0.593. The average Bonchev–Trinajstić information content (AvgIpc) is 2.05. The van der Waals surface area contributed by atoms with E-state index in [1.807, 2.05) is 13.8 Å². The molecule has 0 aliphatic rings. The molecule has 0 saturated carbocycles. The summed E-state index contributed by atoms with van der Waals surface area (Å²) in [4.78, 5) is 0. The molecule has 0 amide bonds. The molecule has 0 aliphatic heterocycles. The van der Waals surface area contributed by atoms with Crippen molar-refractivity contribution in [1.29, 1.82) is 0 Å². The van der Waals surface area contributed by atoms with E-state index in [9.17, 15) is 5.11 Å². The monoisotopic (exact) mass is 158 g/mol. The van der Waals surface area contributed by atoms with Crippen molar-refractivity contribution in [3.8, 4) is 0 Å². The van der Waals surface area contributed by atoms with Crippen molar-refractivity contribution in [3.05, 3.63) is 12.2 Å². The Hall–Kier alpha value is -0.340. The third-order valence-electron chi connectivity index (χ3n) is 2.05. The van der Waals surface area contributed by atoms with E-state index in [4.69, 9.17) is 5.11 Å². The Kier molecular flexibility index (Phi) is 5.16. The lowest BCUT2D eigenvalue weighted by Gasteiger charge is -2.21. The van der Waals surface area contributed by atoms with Gasteiger partial charge in [-0.3, -0.25) is 0 Å². The lowest BCUT2D eigenvalue weighted by atomic mass is 9.91. The van der Waals surface area contributed by atoms with Crippen LogP contribution in [-0.4, -0.2) is 22.9 Å². The van der Waals surface area contributed by atoms with Crippen molar-refractivity contribution in [3.63, 3.8) is 0 Å². The van der Waals surface area contributed by atoms with E-state index in [1.165, 1.54) is 0 Å². The predicted molar refractivity (Wildman–Crippen MR) is 46.3 cm³/mol. The van der Waals surface area contributed by atoms with Gasteiger partial charge in [-0.15, -0.1) is 0 Å². The van der Waals surface area contributed by atoms with E-state index < -0.39 is 0 Å². The van der Waals surface area contributed by atoms with E-state index in [0.29, 0.717) is 0 Å². The highest BCUT2D eigenvalue weighted by atomic mass is 16.3. The SMILES string of the molecule is C=C(CO)C(CC)C(O)CC. The van der Waals surface area contributed by atoms with Gasteiger partial charge in [0.2, 0.25) is 0 Å². The third-order valence-corrected chi connectivity index (χ3v) is 2.05. The Labute approximate surface area is 68.6 Å². The molecule has 2 atom stereocenters. The molecule has 0 saturated heterocycles. The molecule has 2 N–H and O–H groups in total. The lowest BCUT2D eigenvalue weighted by molar-refractivity contribution is 0.112. The Bertz CT molecular complexity index is 121. The average molecular weight is 158 g/mol. The first-order chi connectivity index (χ1) is 5.17. The van der Waals surface area contributed by atoms with Crippen LogP contribution < -0.4 is 0 Å². The molecular formula is C9H18O2. The van der Waals surface area contributed by atoms with Gasteiger partial charge < -0.3 is 10.2 Å². The van der Waals surface area contributed by atoms with Gasteiger partial charge in [0.25, 0.3) is 0 Å². The molecule has 0 aliphatic carbocycles. The summed E-state index contributed by atoms with van der Waals surface area (Å²) in [5.41, 5.74) is 0.738. The van der Waals surface area contributed by atoms with Crippen LogP contribution in [0, 0.1) is 5.92 Å². The van der Waals surface area contributed by atoms with Crippen molar-refractivity contribution >= 4 is 0 Å². The highest BCUT2D eigenvalue weighted by molar-refractivity contribution is 5.02. The zero-order valence-corrected chi connectivity index (χ0v) is 7.38. The van der Waals surface area contributed by atoms with E-state index in [0.717, 1.165) is 18.4 Å². The van der Waals surface area contributed by atoms with Gasteiger partial charge in [0, 0.05) is 5.92 Å². The Balaban J connectivity index is 4.03. The molecule has 0 radical (unpaired) electrons. The van der Waals surface area contributed by atoms with Crippen molar-refractivity contribution in [2.75, 3.05) is 6.61 Å². The molecule has 0 aromatic heterocycles. The van der Waals surface area contributed by atoms with Crippen LogP contribution in [0.5, 0.6) is 0 Å². The van der Waals surface area contributed by atoms with E-state index in [1.54, 1.807) is 0 Å². The summed E-state index contributed by atoms with van der Waals surface area (Å²) in [6.45, 7) is 7.60. The van der Waals surface area contributed by atoms with Crippen molar-refractivity contribution in [2.45, 2.75) is 32.8 Å². The smallest absolute Gasteiger partial charge is 0.0642 e. The normalized spacial score (nSPS) is 16.0. The van der Waals surface area contributed by atoms with Gasteiger partial charge in [0.1, 0.15) is 0 Å². The number of hydrogen-bond acceptors (Lipinski definition) is 2. The molecule has 0 fully saturated rings. The number of aliphatic hydroxyl groups excluding tert-OH is 2. The van der Waals surface area contributed by atoms with Crippen LogP contribution >= 0.6 is 0 Å². The minimum atomic E-state index is -0.348. The van der Waals surface area contributed by atoms with Crippen LogP contribution in [0.3, 0.4) is 0 Å². The van der Waals surface area contributed by atoms with Gasteiger partial charge >= 0.3 is 0 Å². The van der Waals surface area contributed by atoms with Crippen LogP contribution in [0.25, 0.3) is 0 Å². The van der Waals surface area contributed by atoms with Gasteiger partial charge in [-0.2, -0.15) is 0 Å². The van der Waals surface area contributed by atoms with Gasteiger partial charge in [0.15, 0.2) is 0 Å². The number of hydrogen-bond donors (Lipinski definition) is 2. The molecule has 2 nitrogen and oxygen atoms in total. The highest BCUT2D eigenvalue weighted by Gasteiger charge is 2.17. The Morgan fingerprint density at radius 1 is 1.36 bits per heavy atom. The van der Waals surface area contributed by atoms with Crippen LogP contribution in [0.1, 0.15) is 26.7 Å². The number of aliphatic hydroxyl groups is 2. The summed E-state index contributed by atoms with van der Waals surface area (Å²) < 4.78 is 0. The summed E-state index contributed by atoms with van der Waals surface area (Å²) >= 11 is 0. The van der Waals surface area contributed by atoms with Gasteiger partial charge in [-0.05, 0) is 18.4 Å². The lowest BCUT2D eigenvalue weighted by Crippen LogP contribution is -2.21. The van der Waals surface area contributed by atoms with Crippen LogP contribution in [0.2, 0.25) is 0 Å². The second-order valence-electron chi connectivity index (χ2n) is 2.81. The second kappa shape index (κ2) is 5.33. The Morgan fingerprint density at radius 3 is 2.18 bits per heavy atom. The first-order valence-electron chi connectivity index (χ1n) is 4.13. The van der Waals surface area contributed by atoms with Crippen molar-refractivity contribution in [1.82, 2.24) is 0 Å². The third kappa shape index (κ3) is 3.04. The molecule has 0 bridgehead atoms. The first-order valence-corrected chi connectivity index (χ1v) is 4.13. The fourth-order valence-corrected chi connectivity index (χ4v) is 1.23.